The van der Waals surface area contributed by atoms with Crippen LogP contribution in [0.25, 0.3) is 4.96 Å². The number of carbonyl (C=O) groups is 2. The first-order valence-electron chi connectivity index (χ1n) is 13.7. The lowest BCUT2D eigenvalue weighted by Gasteiger charge is -2.39. The van der Waals surface area contributed by atoms with Crippen molar-refractivity contribution in [1.82, 2.24) is 24.2 Å². The number of carbonyl (C=O) groups excluding carboxylic acids is 2. The van der Waals surface area contributed by atoms with Gasteiger partial charge in [-0.15, -0.1) is 31.4 Å². The molecule has 262 valence electrons. The molecule has 0 bridgehead atoms. The number of rotatable bonds is 9. The Morgan fingerprint density at radius 1 is 0.959 bits per heavy atom. The highest BCUT2D eigenvalue weighted by Crippen LogP contribution is 2.30. The molecule has 2 aromatic heterocycles. The molecule has 1 fully saturated rings. The number of alkyl halides is 6. The van der Waals surface area contributed by atoms with Crippen LogP contribution in [0.3, 0.4) is 0 Å². The van der Waals surface area contributed by atoms with Crippen LogP contribution in [0.2, 0.25) is 0 Å². The minimum atomic E-state index is -5.02. The molecule has 5 rings (SSSR count). The molecule has 1 aliphatic heterocycles. The number of nitrogens with one attached hydrogen (secondary N) is 1. The van der Waals surface area contributed by atoms with Crippen LogP contribution < -0.4 is 25.2 Å². The highest BCUT2D eigenvalue weighted by Gasteiger charge is 2.41. The zero-order valence-electron chi connectivity index (χ0n) is 24.7. The van der Waals surface area contributed by atoms with E-state index in [-0.39, 0.29) is 42.0 Å². The van der Waals surface area contributed by atoms with Gasteiger partial charge in [0.05, 0.1) is 12.0 Å². The number of hydrogen-bond donors (Lipinski definition) is 1. The number of anilines is 1. The van der Waals surface area contributed by atoms with E-state index in [0.717, 1.165) is 69.7 Å². The van der Waals surface area contributed by atoms with E-state index in [1.54, 1.807) is 0 Å². The third kappa shape index (κ3) is 8.37. The average molecular weight is 737 g/mol. The third-order valence-corrected chi connectivity index (χ3v) is 9.72. The molecule has 0 spiro atoms. The molecule has 1 N–H and O–H groups in total. The van der Waals surface area contributed by atoms with E-state index in [1.165, 1.54) is 17.0 Å². The van der Waals surface area contributed by atoms with E-state index in [1.807, 2.05) is 0 Å². The number of benzene rings is 2. The summed E-state index contributed by atoms with van der Waals surface area (Å²) < 4.78 is 117. The molecule has 0 unspecified atom stereocenters. The molecule has 0 radical (unpaired) electrons. The van der Waals surface area contributed by atoms with Crippen LogP contribution in [0, 0.1) is 0 Å². The van der Waals surface area contributed by atoms with Crippen molar-refractivity contribution in [1.29, 1.82) is 0 Å². The molecular weight excluding hydrogens is 714 g/mol. The van der Waals surface area contributed by atoms with E-state index in [0.29, 0.717) is 5.56 Å². The normalized spacial score (nSPS) is 16.0. The SMILES string of the molecule is COC(=O)c1cc(=O)nc2sc(N3CCN(S(=O)(=O)c4ccc(OC(F)(F)F)cc4)[C@@H](C(=O)NCc4ccc(OC(F)(F)F)cc4)C3)nn12. The summed E-state index contributed by atoms with van der Waals surface area (Å²) in [6, 6.07) is 7.33. The van der Waals surface area contributed by atoms with Crippen LogP contribution in [-0.4, -0.2) is 84.7 Å². The standard InChI is InChI=1S/C27H22F6N6O8S2/c1-45-23(42)19-12-21(40)35-24-39(19)36-25(48-24)37-10-11-38(49(43,44)18-8-6-17(7-9-18)47-27(31,32)33)20(14-37)22(41)34-13-15-2-4-16(5-3-15)46-26(28,29)30/h2-9,12,20H,10-11,13-14H2,1H3,(H,34,41)/t20-/m1/s1. The van der Waals surface area contributed by atoms with Crippen molar-refractivity contribution in [2.45, 2.75) is 30.2 Å². The van der Waals surface area contributed by atoms with Gasteiger partial charge in [-0.3, -0.25) is 9.59 Å². The molecule has 2 aromatic carbocycles. The van der Waals surface area contributed by atoms with Crippen LogP contribution in [0.5, 0.6) is 11.5 Å². The van der Waals surface area contributed by atoms with Crippen molar-refractivity contribution in [2.75, 3.05) is 31.6 Å². The molecule has 4 aromatic rings. The minimum Gasteiger partial charge on any atom is -0.464 e. The van der Waals surface area contributed by atoms with Crippen LogP contribution in [0.1, 0.15) is 16.1 Å². The Hall–Kier alpha value is -4.96. The zero-order chi connectivity index (χ0) is 35.7. The topological polar surface area (TPSA) is 162 Å². The Kier molecular flexibility index (Phi) is 9.75. The summed E-state index contributed by atoms with van der Waals surface area (Å²) in [5.74, 6) is -2.90. The predicted octanol–water partition coefficient (Wildman–Crippen LogP) is 2.93. The second-order valence-electron chi connectivity index (χ2n) is 10.1. The van der Waals surface area contributed by atoms with Gasteiger partial charge in [-0.1, -0.05) is 23.5 Å². The molecule has 49 heavy (non-hydrogen) atoms. The fourth-order valence-corrected chi connectivity index (χ4v) is 7.20. The van der Waals surface area contributed by atoms with Crippen molar-refractivity contribution in [2.24, 2.45) is 0 Å². The van der Waals surface area contributed by atoms with Crippen LogP contribution in [-0.2, 0) is 26.1 Å². The van der Waals surface area contributed by atoms with Gasteiger partial charge in [0.2, 0.25) is 26.0 Å². The number of sulfonamides is 1. The second kappa shape index (κ2) is 13.5. The number of fused-ring (bicyclic) bond motifs is 1. The first-order chi connectivity index (χ1) is 22.9. The average Bonchev–Trinajstić information content (AvgIpc) is 3.46. The highest BCUT2D eigenvalue weighted by atomic mass is 32.2. The van der Waals surface area contributed by atoms with E-state index < -0.39 is 62.6 Å². The van der Waals surface area contributed by atoms with Gasteiger partial charge >= 0.3 is 18.7 Å². The van der Waals surface area contributed by atoms with Crippen molar-refractivity contribution < 1.29 is 58.6 Å². The van der Waals surface area contributed by atoms with Crippen molar-refractivity contribution in [3.63, 3.8) is 0 Å². The molecule has 0 aliphatic carbocycles. The van der Waals surface area contributed by atoms with E-state index in [9.17, 15) is 49.1 Å². The molecule has 1 atom stereocenters. The summed E-state index contributed by atoms with van der Waals surface area (Å²) >= 11 is 0.862. The maximum atomic E-state index is 13.7. The highest BCUT2D eigenvalue weighted by molar-refractivity contribution is 7.89. The number of nitrogens with zero attached hydrogens (tertiary/aromatic N) is 5. The van der Waals surface area contributed by atoms with Gasteiger partial charge < -0.3 is 24.4 Å². The molecule has 0 saturated carbocycles. The molecule has 1 amide bonds. The van der Waals surface area contributed by atoms with E-state index >= 15 is 0 Å². The van der Waals surface area contributed by atoms with Gasteiger partial charge in [0.1, 0.15) is 17.5 Å². The number of amides is 1. The Balaban J connectivity index is 1.43. The fourth-order valence-electron chi connectivity index (χ4n) is 4.69. The number of hydrogen-bond acceptors (Lipinski definition) is 12. The predicted molar refractivity (Wildman–Crippen MR) is 156 cm³/mol. The van der Waals surface area contributed by atoms with E-state index in [4.69, 9.17) is 4.74 Å². The fraction of sp³-hybridized carbons (Fsp3) is 0.296. The zero-order valence-corrected chi connectivity index (χ0v) is 26.3. The Bertz CT molecular complexity index is 2020. The Morgan fingerprint density at radius 3 is 2.12 bits per heavy atom. The third-order valence-electron chi connectivity index (χ3n) is 6.83. The lowest BCUT2D eigenvalue weighted by molar-refractivity contribution is -0.275. The van der Waals surface area contributed by atoms with Gasteiger partial charge in [-0.05, 0) is 42.0 Å². The summed E-state index contributed by atoms with van der Waals surface area (Å²) in [5.41, 5.74) is -0.656. The maximum Gasteiger partial charge on any atom is 0.573 e. The lowest BCUT2D eigenvalue weighted by Crippen LogP contribution is -2.60. The number of ether oxygens (including phenoxy) is 3. The van der Waals surface area contributed by atoms with Gasteiger partial charge in [0, 0.05) is 32.2 Å². The number of halogens is 6. The summed E-state index contributed by atoms with van der Waals surface area (Å²) in [7, 11) is -3.44. The van der Waals surface area contributed by atoms with Crippen molar-refractivity contribution in [3.05, 3.63) is 76.2 Å². The maximum absolute atomic E-state index is 13.7. The molecule has 1 saturated heterocycles. The van der Waals surface area contributed by atoms with Gasteiger partial charge in [0.25, 0.3) is 5.56 Å². The summed E-state index contributed by atoms with van der Waals surface area (Å²) in [6.45, 7) is -0.988. The second-order valence-corrected chi connectivity index (χ2v) is 12.9. The molecule has 14 nitrogen and oxygen atoms in total. The number of aromatic nitrogens is 3. The summed E-state index contributed by atoms with van der Waals surface area (Å²) in [5, 5.41) is 7.00. The number of methoxy groups -OCH3 is 1. The Labute approximate surface area is 275 Å². The first-order valence-corrected chi connectivity index (χ1v) is 15.9. The largest absolute Gasteiger partial charge is 0.573 e. The summed E-state index contributed by atoms with van der Waals surface area (Å²) in [6.07, 6.45) is -9.94. The van der Waals surface area contributed by atoms with Gasteiger partial charge in [-0.25, -0.2) is 13.2 Å². The van der Waals surface area contributed by atoms with E-state index in [2.05, 4.69) is 24.9 Å². The quantitative estimate of drug-likeness (QED) is 0.199. The lowest BCUT2D eigenvalue weighted by atomic mass is 10.2. The van der Waals surface area contributed by atoms with Crippen LogP contribution >= 0.6 is 11.3 Å². The summed E-state index contributed by atoms with van der Waals surface area (Å²) in [4.78, 5) is 42.8. The smallest absolute Gasteiger partial charge is 0.464 e. The monoisotopic (exact) mass is 736 g/mol. The Morgan fingerprint density at radius 2 is 1.55 bits per heavy atom. The first kappa shape index (κ1) is 35.3. The number of esters is 1. The molecule has 3 heterocycles. The van der Waals surface area contributed by atoms with Gasteiger partial charge in [-0.2, -0.15) is 13.8 Å². The van der Waals surface area contributed by atoms with Gasteiger partial charge in [0.15, 0.2) is 5.69 Å². The molecular formula is C27H22F6N6O8S2. The van der Waals surface area contributed by atoms with Crippen LogP contribution in [0.4, 0.5) is 31.5 Å². The van der Waals surface area contributed by atoms with Crippen LogP contribution in [0.15, 0.2) is 64.3 Å². The van der Waals surface area contributed by atoms with Crippen molar-refractivity contribution >= 4 is 43.3 Å². The molecule has 1 aliphatic rings. The molecule has 22 heteroatoms. The number of piperazine rings is 1. The van der Waals surface area contributed by atoms with Crippen molar-refractivity contribution in [3.8, 4) is 11.5 Å². The minimum absolute atomic E-state index is 0.00179.